The Bertz CT molecular complexity index is 605. The molecule has 1 atom stereocenters. The van der Waals surface area contributed by atoms with Gasteiger partial charge in [-0.25, -0.2) is 4.39 Å². The van der Waals surface area contributed by atoms with E-state index in [1.165, 1.54) is 12.1 Å². The highest BCUT2D eigenvalue weighted by atomic mass is 19.1. The van der Waals surface area contributed by atoms with E-state index in [1.807, 2.05) is 24.3 Å². The first-order valence-corrected chi connectivity index (χ1v) is 6.24. The third-order valence-electron chi connectivity index (χ3n) is 2.98. The van der Waals surface area contributed by atoms with Crippen LogP contribution in [0.1, 0.15) is 17.2 Å². The molecule has 1 unspecified atom stereocenters. The molecule has 0 bridgehead atoms. The average molecular weight is 270 g/mol. The second-order valence-corrected chi connectivity index (χ2v) is 4.35. The van der Waals surface area contributed by atoms with Gasteiger partial charge in [-0.2, -0.15) is 5.26 Å². The van der Waals surface area contributed by atoms with Crippen LogP contribution in [0.25, 0.3) is 0 Å². The highest BCUT2D eigenvalue weighted by molar-refractivity contribution is 5.28. The normalized spacial score (nSPS) is 11.7. The predicted octanol–water partition coefficient (Wildman–Crippen LogP) is 3.19. The molecule has 0 saturated carbocycles. The van der Waals surface area contributed by atoms with Gasteiger partial charge in [-0.05, 0) is 35.4 Å². The van der Waals surface area contributed by atoms with Gasteiger partial charge in [0.1, 0.15) is 17.6 Å². The lowest BCUT2D eigenvalue weighted by molar-refractivity contribution is 0.414. The van der Waals surface area contributed by atoms with Gasteiger partial charge in [0, 0.05) is 6.54 Å². The number of hydrogen-bond acceptors (Lipinski definition) is 3. The van der Waals surface area contributed by atoms with E-state index in [4.69, 9.17) is 4.74 Å². The molecular formula is C16H15FN2O. The Hall–Kier alpha value is -2.38. The van der Waals surface area contributed by atoms with Crippen LogP contribution in [-0.4, -0.2) is 7.11 Å². The van der Waals surface area contributed by atoms with E-state index in [0.29, 0.717) is 12.1 Å². The van der Waals surface area contributed by atoms with Gasteiger partial charge < -0.3 is 4.74 Å². The summed E-state index contributed by atoms with van der Waals surface area (Å²) in [5, 5.41) is 12.3. The summed E-state index contributed by atoms with van der Waals surface area (Å²) in [4.78, 5) is 0. The van der Waals surface area contributed by atoms with Crippen LogP contribution in [0.15, 0.2) is 48.5 Å². The smallest absolute Gasteiger partial charge is 0.123 e. The summed E-state index contributed by atoms with van der Waals surface area (Å²) >= 11 is 0. The average Bonchev–Trinajstić information content (AvgIpc) is 2.48. The minimum absolute atomic E-state index is 0.339. The molecule has 20 heavy (non-hydrogen) atoms. The molecule has 0 aliphatic heterocycles. The molecule has 0 aromatic heterocycles. The summed E-state index contributed by atoms with van der Waals surface area (Å²) in [6.07, 6.45) is 0. The van der Waals surface area contributed by atoms with Crippen molar-refractivity contribution in [2.75, 3.05) is 7.11 Å². The minimum Gasteiger partial charge on any atom is -0.497 e. The van der Waals surface area contributed by atoms with Gasteiger partial charge in [0.25, 0.3) is 0 Å². The highest BCUT2D eigenvalue weighted by Gasteiger charge is 2.10. The topological polar surface area (TPSA) is 45.0 Å². The van der Waals surface area contributed by atoms with Crippen LogP contribution in [0.3, 0.4) is 0 Å². The zero-order valence-corrected chi connectivity index (χ0v) is 11.1. The molecule has 4 heteroatoms. The van der Waals surface area contributed by atoms with E-state index in [0.717, 1.165) is 11.3 Å². The van der Waals surface area contributed by atoms with Crippen LogP contribution in [0, 0.1) is 17.1 Å². The molecule has 0 fully saturated rings. The molecule has 2 aromatic rings. The van der Waals surface area contributed by atoms with Gasteiger partial charge in [-0.3, -0.25) is 5.32 Å². The zero-order valence-electron chi connectivity index (χ0n) is 11.1. The molecule has 0 radical (unpaired) electrons. The summed E-state index contributed by atoms with van der Waals surface area (Å²) in [7, 11) is 1.61. The van der Waals surface area contributed by atoms with Crippen LogP contribution >= 0.6 is 0 Å². The number of hydrogen-bond donors (Lipinski definition) is 1. The maximum Gasteiger partial charge on any atom is 0.123 e. The molecule has 0 heterocycles. The fourth-order valence-electron chi connectivity index (χ4n) is 1.89. The van der Waals surface area contributed by atoms with Crippen LogP contribution in [0.2, 0.25) is 0 Å². The first-order valence-electron chi connectivity index (χ1n) is 6.24. The van der Waals surface area contributed by atoms with Crippen molar-refractivity contribution in [3.05, 3.63) is 65.5 Å². The fourth-order valence-corrected chi connectivity index (χ4v) is 1.89. The Morgan fingerprint density at radius 2 is 2.00 bits per heavy atom. The molecule has 1 N–H and O–H groups in total. The second kappa shape index (κ2) is 6.69. The van der Waals surface area contributed by atoms with Gasteiger partial charge in [0.15, 0.2) is 0 Å². The number of methoxy groups -OCH3 is 1. The van der Waals surface area contributed by atoms with E-state index >= 15 is 0 Å². The lowest BCUT2D eigenvalue weighted by Gasteiger charge is -2.12. The molecule has 0 aliphatic carbocycles. The molecule has 2 aromatic carbocycles. The van der Waals surface area contributed by atoms with Crippen LogP contribution < -0.4 is 10.1 Å². The van der Waals surface area contributed by atoms with E-state index in [-0.39, 0.29) is 5.82 Å². The number of nitriles is 1. The molecular weight excluding hydrogens is 255 g/mol. The highest BCUT2D eigenvalue weighted by Crippen LogP contribution is 2.15. The Balaban J connectivity index is 2.02. The van der Waals surface area contributed by atoms with Gasteiger partial charge in [0.05, 0.1) is 13.2 Å². The molecule has 3 nitrogen and oxygen atoms in total. The zero-order chi connectivity index (χ0) is 14.4. The third-order valence-corrected chi connectivity index (χ3v) is 2.98. The van der Waals surface area contributed by atoms with E-state index in [1.54, 1.807) is 19.2 Å². The van der Waals surface area contributed by atoms with Crippen molar-refractivity contribution in [3.8, 4) is 11.8 Å². The molecule has 2 rings (SSSR count). The van der Waals surface area contributed by atoms with Gasteiger partial charge in [-0.15, -0.1) is 0 Å². The first-order chi connectivity index (χ1) is 9.72. The van der Waals surface area contributed by atoms with Crippen molar-refractivity contribution in [2.24, 2.45) is 0 Å². The Kier molecular flexibility index (Phi) is 4.70. The minimum atomic E-state index is -0.534. The third kappa shape index (κ3) is 3.56. The summed E-state index contributed by atoms with van der Waals surface area (Å²) in [5.74, 6) is 0.449. The van der Waals surface area contributed by atoms with Gasteiger partial charge in [0.2, 0.25) is 0 Å². The molecule has 0 aliphatic rings. The first kappa shape index (κ1) is 14.0. The van der Waals surface area contributed by atoms with E-state index in [9.17, 15) is 9.65 Å². The lowest BCUT2D eigenvalue weighted by atomic mass is 10.1. The van der Waals surface area contributed by atoms with Gasteiger partial charge >= 0.3 is 0 Å². The fraction of sp³-hybridized carbons (Fsp3) is 0.188. The number of nitrogens with zero attached hydrogens (tertiary/aromatic N) is 1. The van der Waals surface area contributed by atoms with Crippen molar-refractivity contribution < 1.29 is 9.13 Å². The number of halogens is 1. The van der Waals surface area contributed by atoms with Crippen LogP contribution in [0.4, 0.5) is 4.39 Å². The Labute approximate surface area is 117 Å². The maximum absolute atomic E-state index is 13.2. The predicted molar refractivity (Wildman–Crippen MR) is 74.6 cm³/mol. The number of ether oxygens (including phenoxy) is 1. The monoisotopic (exact) mass is 270 g/mol. The summed E-state index contributed by atoms with van der Waals surface area (Å²) < 4.78 is 18.2. The number of benzene rings is 2. The summed E-state index contributed by atoms with van der Waals surface area (Å²) in [6, 6.07) is 15.2. The summed E-state index contributed by atoms with van der Waals surface area (Å²) in [6.45, 7) is 0.527. The van der Waals surface area contributed by atoms with E-state index < -0.39 is 6.04 Å². The number of rotatable bonds is 5. The van der Waals surface area contributed by atoms with Crippen molar-refractivity contribution in [2.45, 2.75) is 12.6 Å². The van der Waals surface area contributed by atoms with E-state index in [2.05, 4.69) is 11.4 Å². The van der Waals surface area contributed by atoms with Crippen LogP contribution in [-0.2, 0) is 6.54 Å². The van der Waals surface area contributed by atoms with Crippen molar-refractivity contribution >= 4 is 0 Å². The molecule has 0 saturated heterocycles. The quantitative estimate of drug-likeness (QED) is 0.907. The number of nitrogens with one attached hydrogen (secondary N) is 1. The Morgan fingerprint density at radius 1 is 1.25 bits per heavy atom. The standard InChI is InChI=1S/C16H15FN2O/c1-20-15-7-5-12(6-8-15)11-19-16(10-18)13-3-2-4-14(17)9-13/h2-9,16,19H,11H2,1H3. The molecule has 102 valence electrons. The van der Waals surface area contributed by atoms with Crippen molar-refractivity contribution in [1.82, 2.24) is 5.32 Å². The molecule has 0 spiro atoms. The van der Waals surface area contributed by atoms with Crippen LogP contribution in [0.5, 0.6) is 5.75 Å². The Morgan fingerprint density at radius 3 is 2.60 bits per heavy atom. The van der Waals surface area contributed by atoms with Crippen molar-refractivity contribution in [3.63, 3.8) is 0 Å². The lowest BCUT2D eigenvalue weighted by Crippen LogP contribution is -2.19. The van der Waals surface area contributed by atoms with Gasteiger partial charge in [-0.1, -0.05) is 24.3 Å². The second-order valence-electron chi connectivity index (χ2n) is 4.35. The summed E-state index contributed by atoms with van der Waals surface area (Å²) in [5.41, 5.74) is 1.66. The SMILES string of the molecule is COc1ccc(CNC(C#N)c2cccc(F)c2)cc1. The maximum atomic E-state index is 13.2. The molecule has 0 amide bonds. The van der Waals surface area contributed by atoms with Crippen molar-refractivity contribution in [1.29, 1.82) is 5.26 Å². The largest absolute Gasteiger partial charge is 0.497 e.